The molecule has 0 aliphatic carbocycles. The Morgan fingerprint density at radius 2 is 2.11 bits per heavy atom. The van der Waals surface area contributed by atoms with E-state index in [9.17, 15) is 0 Å². The molecular weight excluding hydrogens is 260 g/mol. The number of rotatable bonds is 8. The van der Waals surface area contributed by atoms with Gasteiger partial charge in [-0.25, -0.2) is 0 Å². The summed E-state index contributed by atoms with van der Waals surface area (Å²) in [6.45, 7) is 7.58. The molecule has 0 aromatic heterocycles. The van der Waals surface area contributed by atoms with Crippen LogP contribution in [-0.4, -0.2) is 33.4 Å². The standard InChI is InChI=1S/C15H25ClN2O/c1-12(2)11-18(8-9-19-3)15-5-4-13(6-7-17)10-14(15)16/h4-5,10,12H,6-9,11,17H2,1-3H3. The number of halogens is 1. The SMILES string of the molecule is COCCN(CC(C)C)c1ccc(CCN)cc1Cl. The molecule has 1 aromatic carbocycles. The van der Waals surface area contributed by atoms with Crippen molar-refractivity contribution in [3.63, 3.8) is 0 Å². The van der Waals surface area contributed by atoms with Crippen LogP contribution in [0.15, 0.2) is 18.2 Å². The summed E-state index contributed by atoms with van der Waals surface area (Å²) in [5, 5.41) is 0.794. The average molecular weight is 285 g/mol. The number of benzene rings is 1. The molecule has 0 fully saturated rings. The average Bonchev–Trinajstić information content (AvgIpc) is 2.35. The molecule has 0 heterocycles. The van der Waals surface area contributed by atoms with Crippen molar-refractivity contribution in [3.8, 4) is 0 Å². The molecule has 4 heteroatoms. The summed E-state index contributed by atoms with van der Waals surface area (Å²) in [5.74, 6) is 0.580. The van der Waals surface area contributed by atoms with E-state index in [0.29, 0.717) is 19.1 Å². The number of nitrogens with zero attached hydrogens (tertiary/aromatic N) is 1. The number of methoxy groups -OCH3 is 1. The van der Waals surface area contributed by atoms with Crippen molar-refractivity contribution < 1.29 is 4.74 Å². The van der Waals surface area contributed by atoms with Crippen LogP contribution in [0.2, 0.25) is 5.02 Å². The lowest BCUT2D eigenvalue weighted by molar-refractivity contribution is 0.204. The van der Waals surface area contributed by atoms with Gasteiger partial charge in [-0.2, -0.15) is 0 Å². The maximum Gasteiger partial charge on any atom is 0.0642 e. The quantitative estimate of drug-likeness (QED) is 0.798. The highest BCUT2D eigenvalue weighted by Gasteiger charge is 2.12. The van der Waals surface area contributed by atoms with Crippen LogP contribution in [0.5, 0.6) is 0 Å². The van der Waals surface area contributed by atoms with E-state index < -0.39 is 0 Å². The molecule has 0 aliphatic rings. The molecule has 0 saturated heterocycles. The number of hydrogen-bond donors (Lipinski definition) is 1. The normalized spacial score (nSPS) is 11.1. The van der Waals surface area contributed by atoms with E-state index in [0.717, 1.165) is 30.2 Å². The van der Waals surface area contributed by atoms with Gasteiger partial charge in [0.25, 0.3) is 0 Å². The zero-order valence-electron chi connectivity index (χ0n) is 12.2. The highest BCUT2D eigenvalue weighted by molar-refractivity contribution is 6.33. The summed E-state index contributed by atoms with van der Waals surface area (Å²) >= 11 is 6.40. The molecule has 0 atom stereocenters. The Morgan fingerprint density at radius 1 is 1.37 bits per heavy atom. The van der Waals surface area contributed by atoms with Crippen LogP contribution >= 0.6 is 11.6 Å². The van der Waals surface area contributed by atoms with Crippen LogP contribution in [0.3, 0.4) is 0 Å². The second-order valence-electron chi connectivity index (χ2n) is 5.16. The summed E-state index contributed by atoms with van der Waals surface area (Å²) in [4.78, 5) is 2.28. The molecule has 1 aromatic rings. The van der Waals surface area contributed by atoms with Crippen LogP contribution in [-0.2, 0) is 11.2 Å². The Hall–Kier alpha value is -0.770. The molecule has 3 nitrogen and oxygen atoms in total. The van der Waals surface area contributed by atoms with Gasteiger partial charge in [-0.1, -0.05) is 31.5 Å². The van der Waals surface area contributed by atoms with E-state index in [4.69, 9.17) is 22.1 Å². The summed E-state index contributed by atoms with van der Waals surface area (Å²) < 4.78 is 5.18. The fourth-order valence-electron chi connectivity index (χ4n) is 2.08. The lowest BCUT2D eigenvalue weighted by Gasteiger charge is -2.27. The maximum absolute atomic E-state index is 6.40. The Bertz CT molecular complexity index is 382. The predicted molar refractivity (Wildman–Crippen MR) is 83.1 cm³/mol. The molecule has 0 unspecified atom stereocenters. The molecule has 0 bridgehead atoms. The van der Waals surface area contributed by atoms with Crippen molar-refractivity contribution in [3.05, 3.63) is 28.8 Å². The second-order valence-corrected chi connectivity index (χ2v) is 5.56. The summed E-state index contributed by atoms with van der Waals surface area (Å²) in [7, 11) is 1.72. The zero-order chi connectivity index (χ0) is 14.3. The van der Waals surface area contributed by atoms with Crippen molar-refractivity contribution in [1.82, 2.24) is 0 Å². The minimum absolute atomic E-state index is 0.580. The fourth-order valence-corrected chi connectivity index (χ4v) is 2.40. The zero-order valence-corrected chi connectivity index (χ0v) is 12.9. The number of nitrogens with two attached hydrogens (primary N) is 1. The van der Waals surface area contributed by atoms with Crippen LogP contribution < -0.4 is 10.6 Å². The van der Waals surface area contributed by atoms with Gasteiger partial charge in [-0.3, -0.25) is 0 Å². The number of hydrogen-bond acceptors (Lipinski definition) is 3. The first-order valence-corrected chi connectivity index (χ1v) is 7.18. The van der Waals surface area contributed by atoms with Gasteiger partial charge in [0, 0.05) is 20.2 Å². The lowest BCUT2D eigenvalue weighted by atomic mass is 10.1. The van der Waals surface area contributed by atoms with Crippen molar-refractivity contribution >= 4 is 17.3 Å². The predicted octanol–water partition coefficient (Wildman–Crippen LogP) is 2.95. The third-order valence-corrected chi connectivity index (χ3v) is 3.24. The third kappa shape index (κ3) is 5.39. The largest absolute Gasteiger partial charge is 0.383 e. The summed E-state index contributed by atoms with van der Waals surface area (Å²) in [6.07, 6.45) is 0.863. The second kappa shape index (κ2) is 8.41. The van der Waals surface area contributed by atoms with Crippen LogP contribution in [0, 0.1) is 5.92 Å². The molecule has 0 saturated carbocycles. The van der Waals surface area contributed by atoms with Crippen LogP contribution in [0.1, 0.15) is 19.4 Å². The van der Waals surface area contributed by atoms with Gasteiger partial charge in [0.05, 0.1) is 17.3 Å². The van der Waals surface area contributed by atoms with Gasteiger partial charge in [-0.15, -0.1) is 0 Å². The highest BCUT2D eigenvalue weighted by atomic mass is 35.5. The molecule has 0 spiro atoms. The molecule has 0 amide bonds. The Morgan fingerprint density at radius 3 is 2.63 bits per heavy atom. The molecular formula is C15H25ClN2O. The lowest BCUT2D eigenvalue weighted by Crippen LogP contribution is -2.31. The van der Waals surface area contributed by atoms with E-state index in [1.165, 1.54) is 5.56 Å². The molecule has 0 aliphatic heterocycles. The highest BCUT2D eigenvalue weighted by Crippen LogP contribution is 2.27. The monoisotopic (exact) mass is 284 g/mol. The van der Waals surface area contributed by atoms with Crippen molar-refractivity contribution in [1.29, 1.82) is 0 Å². The first kappa shape index (κ1) is 16.3. The summed E-state index contributed by atoms with van der Waals surface area (Å²) in [6, 6.07) is 6.21. The minimum atomic E-state index is 0.580. The van der Waals surface area contributed by atoms with Gasteiger partial charge in [0.1, 0.15) is 0 Å². The van der Waals surface area contributed by atoms with E-state index in [-0.39, 0.29) is 0 Å². The van der Waals surface area contributed by atoms with E-state index in [1.54, 1.807) is 7.11 Å². The smallest absolute Gasteiger partial charge is 0.0642 e. The molecule has 1 rings (SSSR count). The third-order valence-electron chi connectivity index (χ3n) is 2.94. The Balaban J connectivity index is 2.87. The van der Waals surface area contributed by atoms with E-state index >= 15 is 0 Å². The van der Waals surface area contributed by atoms with Gasteiger partial charge >= 0.3 is 0 Å². The minimum Gasteiger partial charge on any atom is -0.383 e. The number of ether oxygens (including phenoxy) is 1. The molecule has 19 heavy (non-hydrogen) atoms. The molecule has 2 N–H and O–H groups in total. The Labute approximate surface area is 121 Å². The first-order chi connectivity index (χ1) is 9.08. The Kier molecular flexibility index (Phi) is 7.21. The van der Waals surface area contributed by atoms with Gasteiger partial charge < -0.3 is 15.4 Å². The molecule has 0 radical (unpaired) electrons. The fraction of sp³-hybridized carbons (Fsp3) is 0.600. The van der Waals surface area contributed by atoms with Gasteiger partial charge in [-0.05, 0) is 36.6 Å². The van der Waals surface area contributed by atoms with Crippen molar-refractivity contribution in [2.45, 2.75) is 20.3 Å². The van der Waals surface area contributed by atoms with Crippen molar-refractivity contribution in [2.75, 3.05) is 38.3 Å². The van der Waals surface area contributed by atoms with Crippen LogP contribution in [0.4, 0.5) is 5.69 Å². The van der Waals surface area contributed by atoms with Crippen LogP contribution in [0.25, 0.3) is 0 Å². The number of anilines is 1. The van der Waals surface area contributed by atoms with Gasteiger partial charge in [0.2, 0.25) is 0 Å². The first-order valence-electron chi connectivity index (χ1n) is 6.80. The maximum atomic E-state index is 6.40. The van der Waals surface area contributed by atoms with E-state index in [1.807, 2.05) is 6.07 Å². The molecule has 108 valence electrons. The topological polar surface area (TPSA) is 38.5 Å². The van der Waals surface area contributed by atoms with Crippen molar-refractivity contribution in [2.24, 2.45) is 11.7 Å². The van der Waals surface area contributed by atoms with Gasteiger partial charge in [0.15, 0.2) is 0 Å². The van der Waals surface area contributed by atoms with E-state index in [2.05, 4.69) is 30.9 Å². The summed E-state index contributed by atoms with van der Waals surface area (Å²) in [5.41, 5.74) is 7.83.